The van der Waals surface area contributed by atoms with Crippen molar-refractivity contribution < 1.29 is 14.4 Å². The Morgan fingerprint density at radius 2 is 1.47 bits per heavy atom. The molecule has 1 saturated heterocycles. The van der Waals surface area contributed by atoms with Crippen molar-refractivity contribution in [3.63, 3.8) is 0 Å². The molecule has 1 aromatic heterocycles. The number of amides is 4. The molecule has 2 heterocycles. The quantitative estimate of drug-likeness (QED) is 0.519. The number of para-hydroxylation sites is 2. The van der Waals surface area contributed by atoms with Crippen molar-refractivity contribution in [2.45, 2.75) is 12.8 Å². The van der Waals surface area contributed by atoms with Crippen LogP contribution in [0.5, 0.6) is 0 Å². The smallest absolute Gasteiger partial charge is 0.324 e. The first-order valence-electron chi connectivity index (χ1n) is 10.5. The molecule has 0 spiro atoms. The monoisotopic (exact) mass is 448 g/mol. The highest BCUT2D eigenvalue weighted by molar-refractivity contribution is 7.18. The standard InChI is InChI=1S/C24H24N4O3S/c29-22(25-18-9-3-1-4-10-18)17-8-7-15-28(16-17)23(30)20-13-14-21(32-20)27-24(31)26-19-11-5-2-6-12-19/h1-6,9-14,17H,7-8,15-16H2,(H,25,29)(H2,26,27,31). The molecule has 8 heteroatoms. The zero-order valence-electron chi connectivity index (χ0n) is 17.4. The van der Waals surface area contributed by atoms with Gasteiger partial charge in [-0.2, -0.15) is 0 Å². The van der Waals surface area contributed by atoms with Crippen molar-refractivity contribution in [2.24, 2.45) is 5.92 Å². The molecule has 1 aliphatic heterocycles. The Labute approximate surface area is 190 Å². The largest absolute Gasteiger partial charge is 0.337 e. The first-order chi connectivity index (χ1) is 15.6. The van der Waals surface area contributed by atoms with Crippen LogP contribution in [-0.4, -0.2) is 35.8 Å². The summed E-state index contributed by atoms with van der Waals surface area (Å²) in [4.78, 5) is 40.1. The highest BCUT2D eigenvalue weighted by Gasteiger charge is 2.29. The zero-order chi connectivity index (χ0) is 22.3. The number of rotatable bonds is 5. The van der Waals surface area contributed by atoms with Crippen LogP contribution in [0, 0.1) is 5.92 Å². The van der Waals surface area contributed by atoms with Crippen molar-refractivity contribution in [3.8, 4) is 0 Å². The van der Waals surface area contributed by atoms with Gasteiger partial charge in [0.1, 0.15) is 0 Å². The van der Waals surface area contributed by atoms with Crippen molar-refractivity contribution in [2.75, 3.05) is 29.0 Å². The van der Waals surface area contributed by atoms with Crippen LogP contribution >= 0.6 is 11.3 Å². The number of nitrogens with one attached hydrogen (secondary N) is 3. The summed E-state index contributed by atoms with van der Waals surface area (Å²) >= 11 is 1.22. The maximum atomic E-state index is 13.0. The number of anilines is 3. The van der Waals surface area contributed by atoms with E-state index in [-0.39, 0.29) is 23.8 Å². The lowest BCUT2D eigenvalue weighted by atomic mass is 9.97. The second-order valence-corrected chi connectivity index (χ2v) is 8.64. The van der Waals surface area contributed by atoms with Gasteiger partial charge in [0.25, 0.3) is 5.91 Å². The molecule has 0 aliphatic carbocycles. The van der Waals surface area contributed by atoms with Gasteiger partial charge in [0.05, 0.1) is 15.8 Å². The third kappa shape index (κ3) is 5.53. The number of carbonyl (C=O) groups excluding carboxylic acids is 3. The van der Waals surface area contributed by atoms with E-state index in [1.165, 1.54) is 11.3 Å². The Morgan fingerprint density at radius 1 is 0.812 bits per heavy atom. The number of piperidine rings is 1. The number of carbonyl (C=O) groups is 3. The lowest BCUT2D eigenvalue weighted by Gasteiger charge is -2.31. The number of nitrogens with zero attached hydrogens (tertiary/aromatic N) is 1. The molecule has 4 amide bonds. The molecule has 7 nitrogen and oxygen atoms in total. The SMILES string of the molecule is O=C(Nc1ccccc1)Nc1ccc(C(=O)N2CCCC(C(=O)Nc3ccccc3)C2)s1. The molecule has 0 saturated carbocycles. The molecule has 3 aromatic rings. The van der Waals surface area contributed by atoms with E-state index in [0.29, 0.717) is 28.7 Å². The Hall–Kier alpha value is -3.65. The van der Waals surface area contributed by atoms with Crippen LogP contribution in [0.3, 0.4) is 0 Å². The third-order valence-electron chi connectivity index (χ3n) is 5.21. The van der Waals surface area contributed by atoms with E-state index in [1.54, 1.807) is 29.2 Å². The zero-order valence-corrected chi connectivity index (χ0v) is 18.2. The number of thiophene rings is 1. The highest BCUT2D eigenvalue weighted by Crippen LogP contribution is 2.26. The Bertz CT molecular complexity index is 1080. The summed E-state index contributed by atoms with van der Waals surface area (Å²) in [6.07, 6.45) is 1.52. The topological polar surface area (TPSA) is 90.5 Å². The van der Waals surface area contributed by atoms with Crippen LogP contribution in [0.1, 0.15) is 22.5 Å². The summed E-state index contributed by atoms with van der Waals surface area (Å²) in [6.45, 7) is 0.996. The van der Waals surface area contributed by atoms with Crippen molar-refractivity contribution in [3.05, 3.63) is 77.7 Å². The molecule has 164 valence electrons. The first-order valence-corrected chi connectivity index (χ1v) is 11.3. The lowest BCUT2D eigenvalue weighted by Crippen LogP contribution is -2.43. The third-order valence-corrected chi connectivity index (χ3v) is 6.19. The van der Waals surface area contributed by atoms with E-state index >= 15 is 0 Å². The van der Waals surface area contributed by atoms with E-state index in [0.717, 1.165) is 18.5 Å². The minimum atomic E-state index is -0.368. The summed E-state index contributed by atoms with van der Waals surface area (Å²) < 4.78 is 0. The van der Waals surface area contributed by atoms with Crippen LogP contribution in [0.4, 0.5) is 21.2 Å². The van der Waals surface area contributed by atoms with Gasteiger partial charge in [-0.05, 0) is 49.2 Å². The maximum Gasteiger partial charge on any atom is 0.324 e. The van der Waals surface area contributed by atoms with Gasteiger partial charge in [-0.1, -0.05) is 36.4 Å². The summed E-state index contributed by atoms with van der Waals surface area (Å²) in [6, 6.07) is 21.5. The summed E-state index contributed by atoms with van der Waals surface area (Å²) in [5.41, 5.74) is 1.44. The molecule has 1 atom stereocenters. The number of hydrogen-bond acceptors (Lipinski definition) is 4. The molecule has 1 unspecified atom stereocenters. The van der Waals surface area contributed by atoms with Gasteiger partial charge in [-0.15, -0.1) is 11.3 Å². The summed E-state index contributed by atoms with van der Waals surface area (Å²) in [5, 5.41) is 9.01. The average Bonchev–Trinajstić information content (AvgIpc) is 3.28. The van der Waals surface area contributed by atoms with Crippen LogP contribution in [0.15, 0.2) is 72.8 Å². The van der Waals surface area contributed by atoms with E-state index < -0.39 is 0 Å². The molecule has 1 aliphatic rings. The van der Waals surface area contributed by atoms with Gasteiger partial charge < -0.3 is 15.5 Å². The Balaban J connectivity index is 1.33. The minimum absolute atomic E-state index is 0.0696. The molecule has 1 fully saturated rings. The van der Waals surface area contributed by atoms with Crippen LogP contribution in [0.2, 0.25) is 0 Å². The van der Waals surface area contributed by atoms with Gasteiger partial charge in [0.15, 0.2) is 0 Å². The van der Waals surface area contributed by atoms with Crippen LogP contribution < -0.4 is 16.0 Å². The van der Waals surface area contributed by atoms with E-state index in [1.807, 2.05) is 48.5 Å². The Kier molecular flexibility index (Phi) is 6.81. The molecule has 2 aromatic carbocycles. The summed E-state index contributed by atoms with van der Waals surface area (Å²) in [5.74, 6) is -0.439. The van der Waals surface area contributed by atoms with E-state index in [9.17, 15) is 14.4 Å². The molecular formula is C24H24N4O3S. The van der Waals surface area contributed by atoms with Crippen LogP contribution in [-0.2, 0) is 4.79 Å². The average molecular weight is 449 g/mol. The Morgan fingerprint density at radius 3 is 2.16 bits per heavy atom. The number of urea groups is 1. The fourth-order valence-corrected chi connectivity index (χ4v) is 4.48. The van der Waals surface area contributed by atoms with Crippen molar-refractivity contribution >= 4 is 45.6 Å². The number of benzene rings is 2. The second-order valence-electron chi connectivity index (χ2n) is 7.55. The van der Waals surface area contributed by atoms with Gasteiger partial charge in [0, 0.05) is 24.5 Å². The van der Waals surface area contributed by atoms with Crippen molar-refractivity contribution in [1.29, 1.82) is 0 Å². The minimum Gasteiger partial charge on any atom is -0.337 e. The second kappa shape index (κ2) is 10.1. The van der Waals surface area contributed by atoms with Gasteiger partial charge >= 0.3 is 6.03 Å². The molecule has 4 rings (SSSR count). The van der Waals surface area contributed by atoms with Crippen LogP contribution in [0.25, 0.3) is 0 Å². The van der Waals surface area contributed by atoms with Gasteiger partial charge in [-0.25, -0.2) is 4.79 Å². The predicted octanol–water partition coefficient (Wildman–Crippen LogP) is 4.88. The fourth-order valence-electron chi connectivity index (χ4n) is 3.61. The van der Waals surface area contributed by atoms with E-state index in [2.05, 4.69) is 16.0 Å². The predicted molar refractivity (Wildman–Crippen MR) is 127 cm³/mol. The number of hydrogen-bond donors (Lipinski definition) is 3. The normalized spacial score (nSPS) is 15.6. The van der Waals surface area contributed by atoms with Crippen molar-refractivity contribution in [1.82, 2.24) is 4.90 Å². The first kappa shape index (κ1) is 21.6. The van der Waals surface area contributed by atoms with Gasteiger partial charge in [0.2, 0.25) is 5.91 Å². The van der Waals surface area contributed by atoms with E-state index in [4.69, 9.17) is 0 Å². The highest BCUT2D eigenvalue weighted by atomic mass is 32.1. The molecule has 0 bridgehead atoms. The number of likely N-dealkylation sites (tertiary alicyclic amines) is 1. The molecule has 0 radical (unpaired) electrons. The molecule has 32 heavy (non-hydrogen) atoms. The maximum absolute atomic E-state index is 13.0. The molecular weight excluding hydrogens is 424 g/mol. The summed E-state index contributed by atoms with van der Waals surface area (Å²) in [7, 11) is 0. The van der Waals surface area contributed by atoms with Gasteiger partial charge in [-0.3, -0.25) is 14.9 Å². The fraction of sp³-hybridized carbons (Fsp3) is 0.208. The lowest BCUT2D eigenvalue weighted by molar-refractivity contribution is -0.121. The molecule has 3 N–H and O–H groups in total.